The van der Waals surface area contributed by atoms with Crippen LogP contribution in [0.25, 0.3) is 5.69 Å². The van der Waals surface area contributed by atoms with Gasteiger partial charge >= 0.3 is 0 Å². The van der Waals surface area contributed by atoms with Crippen LogP contribution in [-0.2, 0) is 6.42 Å². The van der Waals surface area contributed by atoms with Crippen LogP contribution in [0.4, 0.5) is 13.2 Å². The maximum absolute atomic E-state index is 13.8. The average molecular weight is 478 g/mol. The Hall–Kier alpha value is -4.16. The molecule has 1 atom stereocenters. The summed E-state index contributed by atoms with van der Waals surface area (Å²) in [5, 5.41) is 19.4. The Kier molecular flexibility index (Phi) is 6.58. The predicted molar refractivity (Wildman–Crippen MR) is 123 cm³/mol. The van der Waals surface area contributed by atoms with Gasteiger partial charge in [-0.2, -0.15) is 5.26 Å². The van der Waals surface area contributed by atoms with Gasteiger partial charge in [0, 0.05) is 30.1 Å². The number of aryl methyl sites for hydroxylation is 2. The Morgan fingerprint density at radius 2 is 1.80 bits per heavy atom. The fourth-order valence-corrected chi connectivity index (χ4v) is 4.09. The van der Waals surface area contributed by atoms with Crippen LogP contribution in [0.15, 0.2) is 59.9 Å². The minimum atomic E-state index is -1.64. The molecule has 0 bridgehead atoms. The van der Waals surface area contributed by atoms with Crippen molar-refractivity contribution in [3.05, 3.63) is 116 Å². The molecule has 0 radical (unpaired) electrons. The van der Waals surface area contributed by atoms with Gasteiger partial charge in [-0.3, -0.25) is 4.79 Å². The summed E-state index contributed by atoms with van der Waals surface area (Å²) in [6.45, 7) is 3.12. The van der Waals surface area contributed by atoms with E-state index < -0.39 is 35.7 Å². The summed E-state index contributed by atoms with van der Waals surface area (Å²) >= 11 is 0. The Morgan fingerprint density at radius 3 is 2.37 bits per heavy atom. The van der Waals surface area contributed by atoms with Gasteiger partial charge in [-0.15, -0.1) is 0 Å². The number of nitrogens with zero attached hydrogens (tertiary/aromatic N) is 4. The van der Waals surface area contributed by atoms with Gasteiger partial charge in [0.2, 0.25) is 0 Å². The fraction of sp³-hybridized carbons (Fsp3) is 0.192. The number of aliphatic hydroxyl groups is 1. The molecule has 0 amide bonds. The SMILES string of the molecule is Cc1cn(-c2ccc(Cc3cc(C#N)cn([C@@H](CO)c4cc(F)c(F)c(F)c4)c3=O)cc2C)cn1. The maximum atomic E-state index is 13.8. The molecular formula is C26H21F3N4O2. The van der Waals surface area contributed by atoms with Crippen molar-refractivity contribution in [1.29, 1.82) is 5.26 Å². The zero-order chi connectivity index (χ0) is 25.3. The van der Waals surface area contributed by atoms with Crippen molar-refractivity contribution in [3.63, 3.8) is 0 Å². The van der Waals surface area contributed by atoms with Crippen molar-refractivity contribution < 1.29 is 18.3 Å². The molecule has 2 aromatic carbocycles. The minimum Gasteiger partial charge on any atom is -0.394 e. The number of benzene rings is 2. The topological polar surface area (TPSA) is 83.8 Å². The zero-order valence-electron chi connectivity index (χ0n) is 19.0. The summed E-state index contributed by atoms with van der Waals surface area (Å²) in [6, 6.07) is 9.33. The molecule has 0 fully saturated rings. The lowest BCUT2D eigenvalue weighted by molar-refractivity contribution is 0.245. The van der Waals surface area contributed by atoms with Crippen molar-refractivity contribution in [3.8, 4) is 11.8 Å². The zero-order valence-corrected chi connectivity index (χ0v) is 19.0. The Labute approximate surface area is 199 Å². The van der Waals surface area contributed by atoms with Gasteiger partial charge in [-0.05, 0) is 54.8 Å². The van der Waals surface area contributed by atoms with Gasteiger partial charge in [-0.1, -0.05) is 12.1 Å². The standard InChI is InChI=1S/C26H21F3N4O2/c1-15-5-17(3-4-23(15)32-11-16(2)31-14-32)6-20-7-18(10-30)12-33(26(20)35)24(13-34)19-8-21(27)25(29)22(28)9-19/h3-5,7-9,11-12,14,24,34H,6,13H2,1-2H3/t24-/m0/s1. The molecule has 35 heavy (non-hydrogen) atoms. The highest BCUT2D eigenvalue weighted by Crippen LogP contribution is 2.23. The maximum Gasteiger partial charge on any atom is 0.254 e. The van der Waals surface area contributed by atoms with E-state index in [2.05, 4.69) is 4.98 Å². The van der Waals surface area contributed by atoms with Crippen LogP contribution in [0.2, 0.25) is 0 Å². The molecule has 0 saturated carbocycles. The number of hydrogen-bond acceptors (Lipinski definition) is 4. The number of imidazole rings is 1. The fourth-order valence-electron chi connectivity index (χ4n) is 4.09. The Morgan fingerprint density at radius 1 is 1.09 bits per heavy atom. The van der Waals surface area contributed by atoms with Crippen LogP contribution in [-0.4, -0.2) is 25.8 Å². The molecule has 9 heteroatoms. The third-order valence-corrected chi connectivity index (χ3v) is 5.79. The molecule has 178 valence electrons. The molecule has 2 heterocycles. The Balaban J connectivity index is 1.74. The van der Waals surface area contributed by atoms with Crippen molar-refractivity contribution in [2.75, 3.05) is 6.61 Å². The lowest BCUT2D eigenvalue weighted by atomic mass is 10.0. The van der Waals surface area contributed by atoms with Gasteiger partial charge < -0.3 is 14.2 Å². The first-order chi connectivity index (χ1) is 16.7. The number of aromatic nitrogens is 3. The number of pyridine rings is 1. The van der Waals surface area contributed by atoms with Crippen LogP contribution in [0.3, 0.4) is 0 Å². The summed E-state index contributed by atoms with van der Waals surface area (Å²) in [4.78, 5) is 17.5. The summed E-state index contributed by atoms with van der Waals surface area (Å²) < 4.78 is 44.0. The molecule has 0 aliphatic carbocycles. The van der Waals surface area contributed by atoms with Gasteiger partial charge in [-0.25, -0.2) is 18.2 Å². The number of aliphatic hydroxyl groups excluding tert-OH is 1. The highest BCUT2D eigenvalue weighted by Gasteiger charge is 2.21. The van der Waals surface area contributed by atoms with Gasteiger partial charge in [0.15, 0.2) is 17.5 Å². The van der Waals surface area contributed by atoms with E-state index in [-0.39, 0.29) is 23.1 Å². The quantitative estimate of drug-likeness (QED) is 0.423. The molecule has 4 rings (SSSR count). The van der Waals surface area contributed by atoms with E-state index in [1.54, 1.807) is 6.33 Å². The average Bonchev–Trinajstić information content (AvgIpc) is 3.26. The van der Waals surface area contributed by atoms with Crippen molar-refractivity contribution in [1.82, 2.24) is 14.1 Å². The van der Waals surface area contributed by atoms with Crippen LogP contribution >= 0.6 is 0 Å². The molecule has 4 aromatic rings. The normalized spacial score (nSPS) is 11.9. The monoisotopic (exact) mass is 478 g/mol. The van der Waals surface area contributed by atoms with E-state index in [1.807, 2.05) is 48.9 Å². The van der Waals surface area contributed by atoms with E-state index in [0.717, 1.165) is 39.2 Å². The van der Waals surface area contributed by atoms with Crippen LogP contribution in [0.1, 0.15) is 39.6 Å². The highest BCUT2D eigenvalue weighted by atomic mass is 19.2. The van der Waals surface area contributed by atoms with E-state index in [0.29, 0.717) is 0 Å². The summed E-state index contributed by atoms with van der Waals surface area (Å²) in [5.74, 6) is -4.52. The second-order valence-corrected chi connectivity index (χ2v) is 8.30. The van der Waals surface area contributed by atoms with E-state index in [1.165, 1.54) is 12.3 Å². The first kappa shape index (κ1) is 24.0. The molecule has 2 aromatic heterocycles. The molecule has 0 aliphatic heterocycles. The molecule has 6 nitrogen and oxygen atoms in total. The lowest BCUT2D eigenvalue weighted by Gasteiger charge is -2.20. The molecule has 1 N–H and O–H groups in total. The Bertz CT molecular complexity index is 1490. The smallest absolute Gasteiger partial charge is 0.254 e. The summed E-state index contributed by atoms with van der Waals surface area (Å²) in [6.07, 6.45) is 5.00. The largest absolute Gasteiger partial charge is 0.394 e. The number of nitriles is 1. The van der Waals surface area contributed by atoms with E-state index in [9.17, 15) is 28.3 Å². The van der Waals surface area contributed by atoms with Crippen molar-refractivity contribution in [2.24, 2.45) is 0 Å². The van der Waals surface area contributed by atoms with Gasteiger partial charge in [0.25, 0.3) is 5.56 Å². The second-order valence-electron chi connectivity index (χ2n) is 8.30. The summed E-state index contributed by atoms with van der Waals surface area (Å²) in [7, 11) is 0. The summed E-state index contributed by atoms with van der Waals surface area (Å²) in [5.41, 5.74) is 3.27. The second kappa shape index (κ2) is 9.60. The molecule has 0 saturated heterocycles. The third kappa shape index (κ3) is 4.74. The van der Waals surface area contributed by atoms with Crippen LogP contribution in [0, 0.1) is 42.6 Å². The van der Waals surface area contributed by atoms with Gasteiger partial charge in [0.1, 0.15) is 6.07 Å². The van der Waals surface area contributed by atoms with Crippen molar-refractivity contribution in [2.45, 2.75) is 26.3 Å². The minimum absolute atomic E-state index is 0.128. The number of halogens is 3. The van der Waals surface area contributed by atoms with E-state index in [4.69, 9.17) is 0 Å². The highest BCUT2D eigenvalue weighted by molar-refractivity contribution is 5.44. The van der Waals surface area contributed by atoms with Crippen LogP contribution < -0.4 is 5.56 Å². The van der Waals surface area contributed by atoms with Crippen molar-refractivity contribution >= 4 is 0 Å². The third-order valence-electron chi connectivity index (χ3n) is 5.79. The molecule has 0 spiro atoms. The van der Waals surface area contributed by atoms with E-state index >= 15 is 0 Å². The molecule has 0 unspecified atom stereocenters. The molecular weight excluding hydrogens is 457 g/mol. The number of rotatable bonds is 6. The lowest BCUT2D eigenvalue weighted by Crippen LogP contribution is -2.30. The number of hydrogen-bond donors (Lipinski definition) is 1. The first-order valence-electron chi connectivity index (χ1n) is 10.7. The predicted octanol–water partition coefficient (Wildman–Crippen LogP) is 4.11. The first-order valence-corrected chi connectivity index (χ1v) is 10.7. The molecule has 0 aliphatic rings. The van der Waals surface area contributed by atoms with Gasteiger partial charge in [0.05, 0.1) is 30.2 Å². The van der Waals surface area contributed by atoms with Crippen LogP contribution in [0.5, 0.6) is 0 Å².